The van der Waals surface area contributed by atoms with Crippen LogP contribution >= 0.6 is 0 Å². The van der Waals surface area contributed by atoms with Crippen LogP contribution in [0.4, 0.5) is 8.78 Å². The molecular weight excluding hydrogens is 344 g/mol. The number of nitrogens with zero attached hydrogens (tertiary/aromatic N) is 1. The van der Waals surface area contributed by atoms with Crippen LogP contribution in [0, 0.1) is 11.3 Å². The van der Waals surface area contributed by atoms with Crippen LogP contribution in [0.25, 0.3) is 6.08 Å². The summed E-state index contributed by atoms with van der Waals surface area (Å²) in [7, 11) is 1.47. The van der Waals surface area contributed by atoms with E-state index in [1.165, 1.54) is 37.5 Å². The maximum atomic E-state index is 12.1. The average molecular weight is 359 g/mol. The monoisotopic (exact) mass is 359 g/mol. The Morgan fingerprint density at radius 2 is 1.92 bits per heavy atom. The molecule has 2 rings (SSSR count). The molecule has 0 atom stereocenters. The van der Waals surface area contributed by atoms with Gasteiger partial charge in [-0.1, -0.05) is 12.1 Å². The van der Waals surface area contributed by atoms with Crippen LogP contribution in [0.5, 0.6) is 17.2 Å². The number of nitriles is 1. The van der Waals surface area contributed by atoms with E-state index in [0.29, 0.717) is 22.6 Å². The number of allylic oxidation sites excluding steroid dienone is 1. The maximum Gasteiger partial charge on any atom is 0.387 e. The summed E-state index contributed by atoms with van der Waals surface area (Å²) >= 11 is 0. The van der Waals surface area contributed by atoms with Crippen LogP contribution in [-0.4, -0.2) is 26.1 Å². The summed E-state index contributed by atoms with van der Waals surface area (Å²) in [4.78, 5) is 12.1. The third-order valence-electron chi connectivity index (χ3n) is 3.27. The summed E-state index contributed by atoms with van der Waals surface area (Å²) in [5.74, 6) is 0.547. The number of rotatable bonds is 8. The fourth-order valence-electron chi connectivity index (χ4n) is 2.09. The van der Waals surface area contributed by atoms with Gasteiger partial charge in [-0.25, -0.2) is 0 Å². The number of hydrogen-bond donors (Lipinski definition) is 0. The van der Waals surface area contributed by atoms with Crippen molar-refractivity contribution >= 4 is 11.9 Å². The lowest BCUT2D eigenvalue weighted by molar-refractivity contribution is -0.0498. The van der Waals surface area contributed by atoms with Gasteiger partial charge in [0.25, 0.3) is 0 Å². The first-order valence-electron chi connectivity index (χ1n) is 7.48. The molecule has 0 saturated heterocycles. The van der Waals surface area contributed by atoms with Crippen LogP contribution < -0.4 is 14.2 Å². The number of methoxy groups -OCH3 is 1. The van der Waals surface area contributed by atoms with E-state index < -0.39 is 6.61 Å². The molecule has 2 aromatic rings. The van der Waals surface area contributed by atoms with Crippen LogP contribution in [-0.2, 0) is 0 Å². The predicted molar refractivity (Wildman–Crippen MR) is 90.5 cm³/mol. The molecule has 0 aliphatic heterocycles. The van der Waals surface area contributed by atoms with Gasteiger partial charge in [0.15, 0.2) is 23.9 Å². The zero-order chi connectivity index (χ0) is 18.9. The lowest BCUT2D eigenvalue weighted by Gasteiger charge is -2.08. The fraction of sp³-hybridized carbons (Fsp3) is 0.158. The van der Waals surface area contributed by atoms with Gasteiger partial charge in [-0.15, -0.1) is 0 Å². The summed E-state index contributed by atoms with van der Waals surface area (Å²) in [6, 6.07) is 12.3. The average Bonchev–Trinajstić information content (AvgIpc) is 2.64. The molecule has 0 aliphatic carbocycles. The molecule has 0 unspecified atom stereocenters. The zero-order valence-corrected chi connectivity index (χ0v) is 13.8. The van der Waals surface area contributed by atoms with Gasteiger partial charge < -0.3 is 14.2 Å². The molecule has 7 heteroatoms. The first-order chi connectivity index (χ1) is 12.5. The van der Waals surface area contributed by atoms with Crippen molar-refractivity contribution in [3.63, 3.8) is 0 Å². The van der Waals surface area contributed by atoms with Gasteiger partial charge in [-0.2, -0.15) is 14.0 Å². The molecule has 0 N–H and O–H groups in total. The van der Waals surface area contributed by atoms with E-state index >= 15 is 0 Å². The molecule has 0 radical (unpaired) electrons. The second kappa shape index (κ2) is 9.18. The largest absolute Gasteiger partial charge is 0.493 e. The second-order valence-electron chi connectivity index (χ2n) is 4.96. The standard InChI is InChI=1S/C19H15F2NO4/c1-24-18-12-13(3-9-17(18)25-11-10-22)2-8-16(23)14-4-6-15(7-5-14)26-19(20)21/h2-9,12,19H,11H2,1H3/b8-2+. The number of carbonyl (C=O) groups is 1. The Morgan fingerprint density at radius 3 is 2.54 bits per heavy atom. The summed E-state index contributed by atoms with van der Waals surface area (Å²) in [5.41, 5.74) is 1.03. The van der Waals surface area contributed by atoms with Gasteiger partial charge in [-0.3, -0.25) is 4.79 Å². The normalized spacial score (nSPS) is 10.6. The fourth-order valence-corrected chi connectivity index (χ4v) is 2.09. The van der Waals surface area contributed by atoms with Gasteiger partial charge >= 0.3 is 6.61 Å². The molecule has 0 aliphatic rings. The van der Waals surface area contributed by atoms with E-state index in [2.05, 4.69) is 4.74 Å². The number of alkyl halides is 2. The van der Waals surface area contributed by atoms with Gasteiger partial charge in [0.1, 0.15) is 11.8 Å². The van der Waals surface area contributed by atoms with E-state index in [1.54, 1.807) is 24.3 Å². The highest BCUT2D eigenvalue weighted by molar-refractivity contribution is 6.06. The van der Waals surface area contributed by atoms with Crippen LogP contribution in [0.15, 0.2) is 48.5 Å². The number of ether oxygens (including phenoxy) is 3. The highest BCUT2D eigenvalue weighted by Crippen LogP contribution is 2.28. The molecule has 134 valence electrons. The van der Waals surface area contributed by atoms with Gasteiger partial charge in [0, 0.05) is 5.56 Å². The van der Waals surface area contributed by atoms with E-state index in [9.17, 15) is 13.6 Å². The smallest absolute Gasteiger partial charge is 0.387 e. The summed E-state index contributed by atoms with van der Waals surface area (Å²) in [5, 5.41) is 8.55. The van der Waals surface area contributed by atoms with Crippen LogP contribution in [0.1, 0.15) is 15.9 Å². The van der Waals surface area contributed by atoms with Crippen molar-refractivity contribution < 1.29 is 27.8 Å². The van der Waals surface area contributed by atoms with Crippen LogP contribution in [0.3, 0.4) is 0 Å². The van der Waals surface area contributed by atoms with Crippen molar-refractivity contribution in [3.05, 3.63) is 59.7 Å². The lowest BCUT2D eigenvalue weighted by atomic mass is 10.1. The van der Waals surface area contributed by atoms with Gasteiger partial charge in [-0.05, 0) is 48.0 Å². The Labute approximate surface area is 149 Å². The minimum Gasteiger partial charge on any atom is -0.493 e. The SMILES string of the molecule is COc1cc(/C=C/C(=O)c2ccc(OC(F)F)cc2)ccc1OCC#N. The first-order valence-corrected chi connectivity index (χ1v) is 7.48. The molecular formula is C19H15F2NO4. The van der Waals surface area contributed by atoms with Crippen LogP contribution in [0.2, 0.25) is 0 Å². The predicted octanol–water partition coefficient (Wildman–Crippen LogP) is 4.10. The van der Waals surface area contributed by atoms with E-state index in [-0.39, 0.29) is 18.1 Å². The Morgan fingerprint density at radius 1 is 1.19 bits per heavy atom. The van der Waals surface area contributed by atoms with Crippen molar-refractivity contribution in [3.8, 4) is 23.3 Å². The number of ketones is 1. The van der Waals surface area contributed by atoms with Crippen molar-refractivity contribution in [1.82, 2.24) is 0 Å². The van der Waals surface area contributed by atoms with E-state index in [4.69, 9.17) is 14.7 Å². The van der Waals surface area contributed by atoms with Crippen molar-refractivity contribution in [1.29, 1.82) is 5.26 Å². The maximum absolute atomic E-state index is 12.1. The highest BCUT2D eigenvalue weighted by Gasteiger charge is 2.07. The Bertz CT molecular complexity index is 826. The molecule has 0 fully saturated rings. The number of halogens is 2. The number of carbonyl (C=O) groups excluding carboxylic acids is 1. The second-order valence-corrected chi connectivity index (χ2v) is 4.96. The summed E-state index contributed by atoms with van der Waals surface area (Å²) in [6.07, 6.45) is 2.94. The number of benzene rings is 2. The Balaban J connectivity index is 2.08. The molecule has 0 bridgehead atoms. The van der Waals surface area contributed by atoms with Crippen molar-refractivity contribution in [2.75, 3.05) is 13.7 Å². The first kappa shape index (κ1) is 18.9. The quantitative estimate of drug-likeness (QED) is 0.524. The van der Waals surface area contributed by atoms with Gasteiger partial charge in [0.2, 0.25) is 0 Å². The molecule has 0 spiro atoms. The summed E-state index contributed by atoms with van der Waals surface area (Å²) in [6.45, 7) is -3.01. The lowest BCUT2D eigenvalue weighted by Crippen LogP contribution is -2.02. The van der Waals surface area contributed by atoms with Gasteiger partial charge in [0.05, 0.1) is 7.11 Å². The molecule has 0 amide bonds. The zero-order valence-electron chi connectivity index (χ0n) is 13.8. The molecule has 0 saturated carbocycles. The minimum absolute atomic E-state index is 0.0155. The van der Waals surface area contributed by atoms with E-state index in [1.807, 2.05) is 6.07 Å². The molecule has 0 heterocycles. The molecule has 2 aromatic carbocycles. The molecule has 26 heavy (non-hydrogen) atoms. The Hall–Kier alpha value is -3.40. The third-order valence-corrected chi connectivity index (χ3v) is 3.27. The third kappa shape index (κ3) is 5.31. The van der Waals surface area contributed by atoms with E-state index in [0.717, 1.165) is 0 Å². The van der Waals surface area contributed by atoms with Crippen molar-refractivity contribution in [2.24, 2.45) is 0 Å². The molecule has 5 nitrogen and oxygen atoms in total. The topological polar surface area (TPSA) is 68.6 Å². The minimum atomic E-state index is -2.91. The molecule has 0 aromatic heterocycles. The highest BCUT2D eigenvalue weighted by atomic mass is 19.3. The summed E-state index contributed by atoms with van der Waals surface area (Å²) < 4.78 is 38.9. The van der Waals surface area contributed by atoms with Crippen molar-refractivity contribution in [2.45, 2.75) is 6.61 Å². The number of hydrogen-bond acceptors (Lipinski definition) is 5. The Kier molecular flexibility index (Phi) is 6.68.